The van der Waals surface area contributed by atoms with E-state index in [9.17, 15) is 24.1 Å². The SMILES string of the molecule is CC[NH+](CC)CC.Cc1cn([C@H]2C=C[C@@H](COP([O-])(=S)OC[C@@H]3C=C[C@H](n4cc(C)c(=O)[nH]c4=O)O3)O2)c(=O)[nH]c1=O. The highest BCUT2D eigenvalue weighted by atomic mass is 32.5. The third-order valence-electron chi connectivity index (χ3n) is 6.74. The van der Waals surface area contributed by atoms with Crippen LogP contribution in [0.5, 0.6) is 0 Å². The molecule has 14 nitrogen and oxygen atoms in total. The Hall–Kier alpha value is -2.75. The molecule has 3 N–H and O–H groups in total. The molecule has 2 aliphatic heterocycles. The molecule has 2 aliphatic rings. The van der Waals surface area contributed by atoms with Gasteiger partial charge in [-0.25, -0.2) is 9.59 Å². The number of hydrogen-bond donors (Lipinski definition) is 3. The number of quaternary nitrogens is 1. The Morgan fingerprint density at radius 2 is 1.19 bits per heavy atom. The maximum Gasteiger partial charge on any atom is 0.330 e. The molecule has 232 valence electrons. The standard InChI is InChI=1S/C20H23N4O9PS.C6H15N/c1-11-7-23(19(27)21-17(11)25)15-5-3-13(32-15)9-30-34(29,35)31-10-14-4-6-16(33-14)24-8-12(2)18(26)22-20(24)28;1-4-7(5-2)6-3/h3-8,13-16H,9-10H2,1-2H3,(H,29,35)(H,21,25,27)(H,22,26,28);4-6H2,1-3H3/t13-,14-,15+,16+;/m0./s1. The Morgan fingerprint density at radius 1 is 0.810 bits per heavy atom. The summed E-state index contributed by atoms with van der Waals surface area (Å²) < 4.78 is 24.3. The molecule has 0 unspecified atom stereocenters. The lowest BCUT2D eigenvalue weighted by Gasteiger charge is -2.29. The largest absolute Gasteiger partial charge is 0.780 e. The molecule has 0 fully saturated rings. The van der Waals surface area contributed by atoms with E-state index in [1.54, 1.807) is 43.1 Å². The second-order valence-electron chi connectivity index (χ2n) is 9.71. The van der Waals surface area contributed by atoms with Crippen molar-refractivity contribution in [1.82, 2.24) is 19.1 Å². The van der Waals surface area contributed by atoms with E-state index in [0.29, 0.717) is 11.1 Å². The second-order valence-corrected chi connectivity index (χ2v) is 12.5. The van der Waals surface area contributed by atoms with E-state index in [-0.39, 0.29) is 13.2 Å². The summed E-state index contributed by atoms with van der Waals surface area (Å²) in [5, 5.41) is 0. The number of aromatic amines is 2. The van der Waals surface area contributed by atoms with Crippen LogP contribution < -0.4 is 32.3 Å². The van der Waals surface area contributed by atoms with Gasteiger partial charge in [0, 0.05) is 23.5 Å². The maximum atomic E-state index is 12.5. The van der Waals surface area contributed by atoms with Gasteiger partial charge in [-0.2, -0.15) is 0 Å². The zero-order valence-corrected chi connectivity index (χ0v) is 25.9. The maximum absolute atomic E-state index is 12.5. The number of aromatic nitrogens is 4. The van der Waals surface area contributed by atoms with E-state index < -0.39 is 53.9 Å². The molecule has 0 aromatic carbocycles. The predicted octanol–water partition coefficient (Wildman–Crippen LogP) is -0.840. The summed E-state index contributed by atoms with van der Waals surface area (Å²) in [6.07, 6.45) is 6.34. The summed E-state index contributed by atoms with van der Waals surface area (Å²) in [7, 11) is 0. The minimum atomic E-state index is -3.91. The number of rotatable bonds is 11. The van der Waals surface area contributed by atoms with Gasteiger partial charge in [0.1, 0.15) is 18.9 Å². The van der Waals surface area contributed by atoms with Gasteiger partial charge in [0.15, 0.2) is 12.5 Å². The molecule has 16 heteroatoms. The van der Waals surface area contributed by atoms with Crippen LogP contribution >= 0.6 is 6.72 Å². The van der Waals surface area contributed by atoms with Crippen molar-refractivity contribution >= 4 is 18.5 Å². The van der Waals surface area contributed by atoms with E-state index in [1.807, 2.05) is 0 Å². The first kappa shape index (κ1) is 33.7. The Morgan fingerprint density at radius 3 is 1.52 bits per heavy atom. The highest BCUT2D eigenvalue weighted by Gasteiger charge is 2.25. The van der Waals surface area contributed by atoms with Gasteiger partial charge in [0.2, 0.25) is 0 Å². The molecule has 2 aromatic heterocycles. The highest BCUT2D eigenvalue weighted by molar-refractivity contribution is 8.06. The number of aryl methyl sites for hydroxylation is 2. The molecule has 4 atom stereocenters. The Labute approximate surface area is 247 Å². The van der Waals surface area contributed by atoms with Crippen molar-refractivity contribution in [1.29, 1.82) is 0 Å². The Balaban J connectivity index is 0.000000616. The summed E-state index contributed by atoms with van der Waals surface area (Å²) in [4.78, 5) is 65.7. The molecule has 0 radical (unpaired) electrons. The van der Waals surface area contributed by atoms with E-state index >= 15 is 0 Å². The molecular formula is C26H38N5O9PS. The Kier molecular flexibility index (Phi) is 12.1. The summed E-state index contributed by atoms with van der Waals surface area (Å²) >= 11 is 4.92. The quantitative estimate of drug-likeness (QED) is 0.211. The molecule has 0 saturated carbocycles. The molecule has 0 saturated heterocycles. The molecule has 0 aliphatic carbocycles. The monoisotopic (exact) mass is 627 g/mol. The van der Waals surface area contributed by atoms with Gasteiger partial charge in [-0.1, -0.05) is 24.0 Å². The molecule has 0 amide bonds. The summed E-state index contributed by atoms with van der Waals surface area (Å²) in [5.41, 5.74) is -1.53. The van der Waals surface area contributed by atoms with Crippen LogP contribution in [0, 0.1) is 13.8 Å². The van der Waals surface area contributed by atoms with E-state index in [1.165, 1.54) is 41.2 Å². The van der Waals surface area contributed by atoms with Crippen LogP contribution in [0.4, 0.5) is 0 Å². The fourth-order valence-corrected chi connectivity index (χ4v) is 5.25. The molecule has 4 rings (SSSR count). The zero-order valence-electron chi connectivity index (χ0n) is 24.2. The number of ether oxygens (including phenoxy) is 2. The van der Waals surface area contributed by atoms with Crippen molar-refractivity contribution in [2.45, 2.75) is 59.3 Å². The molecular weight excluding hydrogens is 589 g/mol. The molecule has 0 spiro atoms. The fourth-order valence-electron chi connectivity index (χ4n) is 4.15. The van der Waals surface area contributed by atoms with Crippen molar-refractivity contribution in [3.8, 4) is 0 Å². The molecule has 4 heterocycles. The normalized spacial score (nSPS) is 21.6. The fraction of sp³-hybridized carbons (Fsp3) is 0.538. The van der Waals surface area contributed by atoms with Gasteiger partial charge in [0.05, 0.1) is 32.8 Å². The van der Waals surface area contributed by atoms with E-state index in [4.69, 9.17) is 30.3 Å². The minimum absolute atomic E-state index is 0.194. The van der Waals surface area contributed by atoms with Crippen LogP contribution in [0.1, 0.15) is 44.4 Å². The number of hydrogen-bond acceptors (Lipinski definition) is 10. The van der Waals surface area contributed by atoms with Gasteiger partial charge < -0.3 is 28.3 Å². The van der Waals surface area contributed by atoms with E-state index in [2.05, 4.69) is 30.7 Å². The lowest BCUT2D eigenvalue weighted by atomic mass is 10.3. The summed E-state index contributed by atoms with van der Waals surface area (Å²) in [6, 6.07) is 0. The average Bonchev–Trinajstić information content (AvgIpc) is 3.62. The number of nitrogens with zero attached hydrogens (tertiary/aromatic N) is 2. The number of nitrogens with one attached hydrogen (secondary N) is 3. The van der Waals surface area contributed by atoms with Gasteiger partial charge in [-0.15, -0.1) is 0 Å². The zero-order chi connectivity index (χ0) is 31.0. The Bertz CT molecular complexity index is 1450. The first-order chi connectivity index (χ1) is 19.9. The molecule has 0 bridgehead atoms. The lowest BCUT2D eigenvalue weighted by Crippen LogP contribution is -3.11. The number of H-pyrrole nitrogens is 2. The molecule has 42 heavy (non-hydrogen) atoms. The third-order valence-corrected chi connectivity index (χ3v) is 8.31. The van der Waals surface area contributed by atoms with Crippen LogP contribution in [0.3, 0.4) is 0 Å². The smallest absolute Gasteiger partial charge is 0.330 e. The predicted molar refractivity (Wildman–Crippen MR) is 157 cm³/mol. The van der Waals surface area contributed by atoms with Crippen molar-refractivity contribution in [3.05, 3.63) is 89.5 Å². The molecule has 2 aromatic rings. The topological polar surface area (TPSA) is 174 Å². The highest BCUT2D eigenvalue weighted by Crippen LogP contribution is 2.40. The van der Waals surface area contributed by atoms with Crippen LogP contribution in [0.15, 0.2) is 55.9 Å². The van der Waals surface area contributed by atoms with Crippen LogP contribution in [0.25, 0.3) is 0 Å². The van der Waals surface area contributed by atoms with Gasteiger partial charge in [-0.05, 0) is 46.8 Å². The van der Waals surface area contributed by atoms with Crippen molar-refractivity contribution in [2.75, 3.05) is 32.8 Å². The third kappa shape index (κ3) is 9.12. The first-order valence-corrected chi connectivity index (χ1v) is 16.2. The second kappa shape index (κ2) is 15.1. The van der Waals surface area contributed by atoms with Crippen molar-refractivity contribution in [2.24, 2.45) is 0 Å². The van der Waals surface area contributed by atoms with Gasteiger partial charge in [-0.3, -0.25) is 28.7 Å². The van der Waals surface area contributed by atoms with Gasteiger partial charge in [0.25, 0.3) is 11.1 Å². The van der Waals surface area contributed by atoms with E-state index in [0.717, 1.165) is 0 Å². The van der Waals surface area contributed by atoms with Crippen LogP contribution in [-0.4, -0.2) is 64.2 Å². The van der Waals surface area contributed by atoms with Crippen LogP contribution in [0.2, 0.25) is 0 Å². The van der Waals surface area contributed by atoms with Crippen molar-refractivity contribution < 1.29 is 28.3 Å². The lowest BCUT2D eigenvalue weighted by molar-refractivity contribution is -0.894. The summed E-state index contributed by atoms with van der Waals surface area (Å²) in [5.74, 6) is 0. The first-order valence-electron chi connectivity index (χ1n) is 13.6. The summed E-state index contributed by atoms with van der Waals surface area (Å²) in [6.45, 7) is 9.31. The van der Waals surface area contributed by atoms with Crippen molar-refractivity contribution in [3.63, 3.8) is 0 Å². The average molecular weight is 628 g/mol. The van der Waals surface area contributed by atoms with Gasteiger partial charge >= 0.3 is 11.4 Å². The minimum Gasteiger partial charge on any atom is -0.780 e. The van der Waals surface area contributed by atoms with Crippen LogP contribution in [-0.2, 0) is 30.3 Å².